The molecule has 0 atom stereocenters. The van der Waals surface area contributed by atoms with E-state index in [1.54, 1.807) is 0 Å². The summed E-state index contributed by atoms with van der Waals surface area (Å²) >= 11 is 6.50. The number of nitrogens with one attached hydrogen (secondary N) is 1. The van der Waals surface area contributed by atoms with Crippen LogP contribution < -0.4 is 5.32 Å². The molecule has 0 aromatic heterocycles. The summed E-state index contributed by atoms with van der Waals surface area (Å²) in [6.07, 6.45) is 8.36. The van der Waals surface area contributed by atoms with Crippen molar-refractivity contribution in [3.63, 3.8) is 0 Å². The van der Waals surface area contributed by atoms with E-state index < -0.39 is 0 Å². The van der Waals surface area contributed by atoms with Crippen molar-refractivity contribution in [1.29, 1.82) is 0 Å². The van der Waals surface area contributed by atoms with Crippen molar-refractivity contribution in [1.82, 2.24) is 5.32 Å². The summed E-state index contributed by atoms with van der Waals surface area (Å²) in [6.45, 7) is 5.52. The van der Waals surface area contributed by atoms with Crippen molar-refractivity contribution >= 4 is 11.6 Å². The third-order valence-electron chi connectivity index (χ3n) is 5.38. The second kappa shape index (κ2) is 5.35. The molecule has 1 nitrogen and oxygen atoms in total. The second-order valence-corrected chi connectivity index (χ2v) is 7.76. The van der Waals surface area contributed by atoms with Crippen molar-refractivity contribution in [3.8, 4) is 0 Å². The van der Waals surface area contributed by atoms with Crippen LogP contribution >= 0.6 is 11.6 Å². The molecule has 2 aliphatic rings. The zero-order chi connectivity index (χ0) is 14.2. The molecular formula is C18H26ClN. The Morgan fingerprint density at radius 2 is 1.80 bits per heavy atom. The zero-order valence-corrected chi connectivity index (χ0v) is 13.5. The maximum Gasteiger partial charge on any atom is 0.0444 e. The fourth-order valence-electron chi connectivity index (χ4n) is 4.56. The highest BCUT2D eigenvalue weighted by Gasteiger charge is 2.56. The molecule has 0 bridgehead atoms. The van der Waals surface area contributed by atoms with E-state index in [0.29, 0.717) is 11.5 Å². The summed E-state index contributed by atoms with van der Waals surface area (Å²) in [7, 11) is 0. The van der Waals surface area contributed by atoms with Gasteiger partial charge in [0.1, 0.15) is 0 Å². The van der Waals surface area contributed by atoms with Gasteiger partial charge < -0.3 is 5.32 Å². The Morgan fingerprint density at radius 3 is 2.40 bits per heavy atom. The van der Waals surface area contributed by atoms with Gasteiger partial charge in [-0.1, -0.05) is 56.5 Å². The average Bonchev–Trinajstić information content (AvgIpc) is 2.84. The first-order valence-corrected chi connectivity index (χ1v) is 8.42. The molecule has 2 heteroatoms. The molecule has 2 saturated carbocycles. The van der Waals surface area contributed by atoms with Gasteiger partial charge in [0.05, 0.1) is 0 Å². The molecule has 110 valence electrons. The molecule has 3 rings (SSSR count). The van der Waals surface area contributed by atoms with Crippen LogP contribution in [0.3, 0.4) is 0 Å². The van der Waals surface area contributed by atoms with Gasteiger partial charge in [0.15, 0.2) is 0 Å². The normalized spacial score (nSPS) is 23.2. The molecule has 1 N–H and O–H groups in total. The fourth-order valence-corrected chi connectivity index (χ4v) is 4.90. The molecule has 0 radical (unpaired) electrons. The Labute approximate surface area is 128 Å². The van der Waals surface area contributed by atoms with Crippen molar-refractivity contribution < 1.29 is 0 Å². The number of hydrogen-bond acceptors (Lipinski definition) is 1. The third-order valence-corrected chi connectivity index (χ3v) is 5.71. The number of rotatable bonds is 4. The van der Waals surface area contributed by atoms with Gasteiger partial charge >= 0.3 is 0 Å². The van der Waals surface area contributed by atoms with Gasteiger partial charge in [-0.05, 0) is 42.7 Å². The van der Waals surface area contributed by atoms with E-state index in [9.17, 15) is 0 Å². The van der Waals surface area contributed by atoms with Gasteiger partial charge in [-0.15, -0.1) is 0 Å². The lowest BCUT2D eigenvalue weighted by atomic mass is 9.49. The Kier molecular flexibility index (Phi) is 3.85. The largest absolute Gasteiger partial charge is 0.314 e. The predicted molar refractivity (Wildman–Crippen MR) is 86.4 cm³/mol. The zero-order valence-electron chi connectivity index (χ0n) is 12.7. The SMILES string of the molecule is CC(C)NCC1(c2ccccc2Cl)CC2(CCCC2)C1. The minimum absolute atomic E-state index is 0.271. The molecule has 1 aromatic carbocycles. The molecular weight excluding hydrogens is 266 g/mol. The first-order chi connectivity index (χ1) is 9.55. The van der Waals surface area contributed by atoms with Gasteiger partial charge in [0.25, 0.3) is 0 Å². The minimum Gasteiger partial charge on any atom is -0.314 e. The molecule has 2 aliphatic carbocycles. The molecule has 20 heavy (non-hydrogen) atoms. The molecule has 0 amide bonds. The smallest absolute Gasteiger partial charge is 0.0444 e. The molecule has 1 aromatic rings. The van der Waals surface area contributed by atoms with Gasteiger partial charge in [-0.3, -0.25) is 0 Å². The fraction of sp³-hybridized carbons (Fsp3) is 0.667. The van der Waals surface area contributed by atoms with Gasteiger partial charge in [0, 0.05) is 23.0 Å². The molecule has 1 spiro atoms. The maximum atomic E-state index is 6.50. The van der Waals surface area contributed by atoms with Crippen LogP contribution in [0, 0.1) is 5.41 Å². The van der Waals surface area contributed by atoms with E-state index >= 15 is 0 Å². The predicted octanol–water partition coefficient (Wildman–Crippen LogP) is 4.93. The summed E-state index contributed by atoms with van der Waals surface area (Å²) in [5.41, 5.74) is 2.28. The molecule has 2 fully saturated rings. The Morgan fingerprint density at radius 1 is 1.15 bits per heavy atom. The number of halogens is 1. The molecule has 0 aliphatic heterocycles. The van der Waals surface area contributed by atoms with E-state index in [2.05, 4.69) is 31.3 Å². The van der Waals surface area contributed by atoms with E-state index in [-0.39, 0.29) is 5.41 Å². The number of benzene rings is 1. The van der Waals surface area contributed by atoms with Crippen molar-refractivity contribution in [2.24, 2.45) is 5.41 Å². The lowest BCUT2D eigenvalue weighted by molar-refractivity contribution is 0.0258. The maximum absolute atomic E-state index is 6.50. The van der Waals surface area contributed by atoms with Crippen LogP contribution in [0.2, 0.25) is 5.02 Å². The number of hydrogen-bond donors (Lipinski definition) is 1. The quantitative estimate of drug-likeness (QED) is 0.829. The summed E-state index contributed by atoms with van der Waals surface area (Å²) in [6, 6.07) is 9.01. The third kappa shape index (κ3) is 2.51. The standard InChI is InChI=1S/C18H26ClN/c1-14(2)20-13-18(15-7-3-4-8-16(15)19)11-17(12-18)9-5-6-10-17/h3-4,7-8,14,20H,5-6,9-13H2,1-2H3. The van der Waals surface area contributed by atoms with Crippen LogP contribution in [0.15, 0.2) is 24.3 Å². The highest BCUT2D eigenvalue weighted by molar-refractivity contribution is 6.31. The van der Waals surface area contributed by atoms with Crippen molar-refractivity contribution in [2.45, 2.75) is 63.8 Å². The highest BCUT2D eigenvalue weighted by Crippen LogP contribution is 2.63. The Bertz CT molecular complexity index is 466. The van der Waals surface area contributed by atoms with Crippen LogP contribution in [-0.4, -0.2) is 12.6 Å². The first kappa shape index (κ1) is 14.4. The second-order valence-electron chi connectivity index (χ2n) is 7.36. The van der Waals surface area contributed by atoms with Crippen LogP contribution in [-0.2, 0) is 5.41 Å². The van der Waals surface area contributed by atoms with E-state index in [1.165, 1.54) is 44.1 Å². The minimum atomic E-state index is 0.271. The van der Waals surface area contributed by atoms with E-state index in [4.69, 9.17) is 11.6 Å². The summed E-state index contributed by atoms with van der Waals surface area (Å²) in [5, 5.41) is 4.61. The van der Waals surface area contributed by atoms with Gasteiger partial charge in [-0.2, -0.15) is 0 Å². The average molecular weight is 292 g/mol. The highest BCUT2D eigenvalue weighted by atomic mass is 35.5. The van der Waals surface area contributed by atoms with Crippen LogP contribution in [0.5, 0.6) is 0 Å². The topological polar surface area (TPSA) is 12.0 Å². The summed E-state index contributed by atoms with van der Waals surface area (Å²) < 4.78 is 0. The molecule has 0 heterocycles. The van der Waals surface area contributed by atoms with Crippen LogP contribution in [0.4, 0.5) is 0 Å². The summed E-state index contributed by atoms with van der Waals surface area (Å²) in [4.78, 5) is 0. The Hall–Kier alpha value is -0.530. The van der Waals surface area contributed by atoms with Gasteiger partial charge in [0.2, 0.25) is 0 Å². The van der Waals surface area contributed by atoms with Crippen molar-refractivity contribution in [2.75, 3.05) is 6.54 Å². The molecule has 0 saturated heterocycles. The lowest BCUT2D eigenvalue weighted by Gasteiger charge is -2.56. The Balaban J connectivity index is 1.84. The first-order valence-electron chi connectivity index (χ1n) is 8.04. The van der Waals surface area contributed by atoms with E-state index in [0.717, 1.165) is 11.6 Å². The monoisotopic (exact) mass is 291 g/mol. The van der Waals surface area contributed by atoms with Crippen molar-refractivity contribution in [3.05, 3.63) is 34.9 Å². The van der Waals surface area contributed by atoms with Gasteiger partial charge in [-0.25, -0.2) is 0 Å². The van der Waals surface area contributed by atoms with Crippen LogP contribution in [0.1, 0.15) is 57.9 Å². The molecule has 0 unspecified atom stereocenters. The lowest BCUT2D eigenvalue weighted by Crippen LogP contribution is -2.54. The summed E-state index contributed by atoms with van der Waals surface area (Å²) in [5.74, 6) is 0. The van der Waals surface area contributed by atoms with Crippen LogP contribution in [0.25, 0.3) is 0 Å². The van der Waals surface area contributed by atoms with E-state index in [1.807, 2.05) is 12.1 Å².